The Bertz CT molecular complexity index is 1050. The van der Waals surface area contributed by atoms with E-state index in [0.717, 1.165) is 22.3 Å². The number of nitrogens with one attached hydrogen (secondary N) is 2. The van der Waals surface area contributed by atoms with Gasteiger partial charge in [0, 0.05) is 35.4 Å². The number of allylic oxidation sites excluding steroid dienone is 1. The Morgan fingerprint density at radius 2 is 2.12 bits per heavy atom. The zero-order valence-corrected chi connectivity index (χ0v) is 13.1. The van der Waals surface area contributed by atoms with E-state index in [-0.39, 0.29) is 5.82 Å². The molecule has 7 heteroatoms. The molecule has 0 atom stereocenters. The van der Waals surface area contributed by atoms with Gasteiger partial charge in [-0.25, -0.2) is 0 Å². The number of H-pyrrole nitrogens is 1. The lowest BCUT2D eigenvalue weighted by molar-refractivity contribution is 0.881. The zero-order valence-electron chi connectivity index (χ0n) is 13.1. The molecule has 0 amide bonds. The third-order valence-corrected chi connectivity index (χ3v) is 3.79. The minimum Gasteiger partial charge on any atom is -0.360 e. The maximum absolute atomic E-state index is 9.21. The lowest BCUT2D eigenvalue weighted by Crippen LogP contribution is -1.93. The van der Waals surface area contributed by atoms with E-state index in [1.165, 1.54) is 0 Å². The molecule has 0 unspecified atom stereocenters. The molecule has 0 fully saturated rings. The first-order chi connectivity index (χ1) is 12.3. The SMILES string of the molecule is N#CC(=CNc1cccc(-c2cc3ccccn3c2)c1)c1nn[nH]n1. The molecule has 0 saturated heterocycles. The number of rotatable bonds is 4. The molecule has 4 rings (SSSR count). The van der Waals surface area contributed by atoms with Crippen LogP contribution in [-0.4, -0.2) is 25.0 Å². The van der Waals surface area contributed by atoms with Crippen LogP contribution in [0.1, 0.15) is 5.82 Å². The summed E-state index contributed by atoms with van der Waals surface area (Å²) in [4.78, 5) is 0. The lowest BCUT2D eigenvalue weighted by Gasteiger charge is -2.04. The molecule has 4 aromatic rings. The third-order valence-electron chi connectivity index (χ3n) is 3.79. The van der Waals surface area contributed by atoms with Gasteiger partial charge in [0.2, 0.25) is 5.82 Å². The number of hydrogen-bond donors (Lipinski definition) is 2. The van der Waals surface area contributed by atoms with Gasteiger partial charge in [-0.15, -0.1) is 10.2 Å². The highest BCUT2D eigenvalue weighted by molar-refractivity contribution is 5.76. The van der Waals surface area contributed by atoms with Crippen LogP contribution in [-0.2, 0) is 0 Å². The number of nitrogens with zero attached hydrogens (tertiary/aromatic N) is 5. The van der Waals surface area contributed by atoms with Crippen molar-refractivity contribution in [1.82, 2.24) is 25.0 Å². The van der Waals surface area contributed by atoms with Gasteiger partial charge >= 0.3 is 0 Å². The van der Waals surface area contributed by atoms with E-state index < -0.39 is 0 Å². The minimum atomic E-state index is 0.254. The molecule has 3 heterocycles. The van der Waals surface area contributed by atoms with Crippen LogP contribution >= 0.6 is 0 Å². The maximum atomic E-state index is 9.21. The molecule has 0 spiro atoms. The summed E-state index contributed by atoms with van der Waals surface area (Å²) in [7, 11) is 0. The Morgan fingerprint density at radius 3 is 2.92 bits per heavy atom. The molecule has 0 bridgehead atoms. The Labute approximate surface area is 143 Å². The Morgan fingerprint density at radius 1 is 1.16 bits per heavy atom. The highest BCUT2D eigenvalue weighted by atomic mass is 15.5. The number of tetrazole rings is 1. The van der Waals surface area contributed by atoms with E-state index in [4.69, 9.17) is 0 Å². The normalized spacial score (nSPS) is 11.4. The average Bonchev–Trinajstić information content (AvgIpc) is 3.32. The maximum Gasteiger partial charge on any atom is 0.216 e. The van der Waals surface area contributed by atoms with Crippen molar-refractivity contribution in [1.29, 1.82) is 5.26 Å². The number of aromatic nitrogens is 5. The van der Waals surface area contributed by atoms with Gasteiger partial charge in [0.1, 0.15) is 11.6 Å². The van der Waals surface area contributed by atoms with Gasteiger partial charge in [-0.3, -0.25) is 0 Å². The van der Waals surface area contributed by atoms with Gasteiger partial charge in [-0.2, -0.15) is 10.5 Å². The largest absolute Gasteiger partial charge is 0.360 e. The number of pyridine rings is 1. The number of anilines is 1. The molecule has 0 saturated carbocycles. The van der Waals surface area contributed by atoms with Crippen molar-refractivity contribution in [3.05, 3.63) is 72.9 Å². The van der Waals surface area contributed by atoms with E-state index in [1.807, 2.05) is 48.7 Å². The van der Waals surface area contributed by atoms with Crippen molar-refractivity contribution in [3.63, 3.8) is 0 Å². The highest BCUT2D eigenvalue weighted by Crippen LogP contribution is 2.25. The van der Waals surface area contributed by atoms with E-state index in [2.05, 4.69) is 48.7 Å². The molecule has 0 aliphatic heterocycles. The molecule has 2 N–H and O–H groups in total. The van der Waals surface area contributed by atoms with E-state index in [0.29, 0.717) is 5.57 Å². The van der Waals surface area contributed by atoms with Gasteiger partial charge in [0.25, 0.3) is 0 Å². The van der Waals surface area contributed by atoms with Crippen molar-refractivity contribution >= 4 is 16.8 Å². The topological polar surface area (TPSA) is 94.7 Å². The molecule has 1 aromatic carbocycles. The fraction of sp³-hybridized carbons (Fsp3) is 0. The summed E-state index contributed by atoms with van der Waals surface area (Å²) in [6.07, 6.45) is 5.68. The van der Waals surface area contributed by atoms with Crippen LogP contribution in [0.4, 0.5) is 5.69 Å². The Balaban J connectivity index is 1.62. The van der Waals surface area contributed by atoms with Gasteiger partial charge in [0.05, 0.1) is 0 Å². The van der Waals surface area contributed by atoms with Crippen molar-refractivity contribution in [2.75, 3.05) is 5.32 Å². The first-order valence-electron chi connectivity index (χ1n) is 7.61. The molecular weight excluding hydrogens is 314 g/mol. The van der Waals surface area contributed by atoms with E-state index in [9.17, 15) is 5.26 Å². The average molecular weight is 327 g/mol. The molecule has 0 aliphatic carbocycles. The Hall–Kier alpha value is -3.92. The summed E-state index contributed by atoms with van der Waals surface area (Å²) in [6, 6.07) is 18.2. The number of benzene rings is 1. The van der Waals surface area contributed by atoms with Crippen LogP contribution in [0.2, 0.25) is 0 Å². The standard InChI is InChI=1S/C18H13N7/c19-10-15(18-21-23-24-22-18)11-20-16-5-3-4-13(8-16)14-9-17-6-1-2-7-25(17)12-14/h1-9,11-12,20H,(H,21,22,23,24). The van der Waals surface area contributed by atoms with Crippen molar-refractivity contribution in [3.8, 4) is 17.2 Å². The molecule has 25 heavy (non-hydrogen) atoms. The van der Waals surface area contributed by atoms with Crippen LogP contribution in [0.25, 0.3) is 22.2 Å². The quantitative estimate of drug-likeness (QED) is 0.562. The summed E-state index contributed by atoms with van der Waals surface area (Å²) in [5.41, 5.74) is 4.51. The molecule has 0 radical (unpaired) electrons. The van der Waals surface area contributed by atoms with Crippen LogP contribution in [0.3, 0.4) is 0 Å². The van der Waals surface area contributed by atoms with E-state index >= 15 is 0 Å². The second-order valence-electron chi connectivity index (χ2n) is 5.39. The molecule has 7 nitrogen and oxygen atoms in total. The molecule has 3 aromatic heterocycles. The molecule has 0 aliphatic rings. The zero-order chi connectivity index (χ0) is 17.1. The number of fused-ring (bicyclic) bond motifs is 1. The highest BCUT2D eigenvalue weighted by Gasteiger charge is 2.06. The van der Waals surface area contributed by atoms with Gasteiger partial charge in [0.15, 0.2) is 0 Å². The molecule has 120 valence electrons. The lowest BCUT2D eigenvalue weighted by atomic mass is 10.1. The summed E-state index contributed by atoms with van der Waals surface area (Å²) >= 11 is 0. The molecular formula is C18H13N7. The summed E-state index contributed by atoms with van der Waals surface area (Å²) in [6.45, 7) is 0. The fourth-order valence-electron chi connectivity index (χ4n) is 2.58. The van der Waals surface area contributed by atoms with Gasteiger partial charge in [-0.05, 0) is 41.1 Å². The fourth-order valence-corrected chi connectivity index (χ4v) is 2.58. The number of hydrogen-bond acceptors (Lipinski definition) is 5. The second-order valence-corrected chi connectivity index (χ2v) is 5.39. The summed E-state index contributed by atoms with van der Waals surface area (Å²) in [5, 5.41) is 25.7. The number of aromatic amines is 1. The smallest absolute Gasteiger partial charge is 0.216 e. The first-order valence-corrected chi connectivity index (χ1v) is 7.61. The van der Waals surface area contributed by atoms with Gasteiger partial charge < -0.3 is 9.72 Å². The minimum absolute atomic E-state index is 0.254. The summed E-state index contributed by atoms with van der Waals surface area (Å²) in [5.74, 6) is 0.254. The van der Waals surface area contributed by atoms with Crippen LogP contribution < -0.4 is 5.32 Å². The third kappa shape index (κ3) is 2.96. The predicted molar refractivity (Wildman–Crippen MR) is 94.2 cm³/mol. The predicted octanol–water partition coefficient (Wildman–Crippen LogP) is 3.10. The first kappa shape index (κ1) is 14.7. The second kappa shape index (κ2) is 6.29. The van der Waals surface area contributed by atoms with Crippen molar-refractivity contribution < 1.29 is 0 Å². The van der Waals surface area contributed by atoms with Crippen molar-refractivity contribution in [2.45, 2.75) is 0 Å². The number of nitriles is 1. The van der Waals surface area contributed by atoms with Crippen molar-refractivity contribution in [2.24, 2.45) is 0 Å². The van der Waals surface area contributed by atoms with Crippen LogP contribution in [0.15, 0.2) is 67.1 Å². The van der Waals surface area contributed by atoms with Crippen LogP contribution in [0, 0.1) is 11.3 Å². The van der Waals surface area contributed by atoms with Crippen LogP contribution in [0.5, 0.6) is 0 Å². The monoisotopic (exact) mass is 327 g/mol. The summed E-state index contributed by atoms with van der Waals surface area (Å²) < 4.78 is 2.08. The Kier molecular flexibility index (Phi) is 3.69. The van der Waals surface area contributed by atoms with E-state index in [1.54, 1.807) is 6.20 Å². The van der Waals surface area contributed by atoms with Gasteiger partial charge in [-0.1, -0.05) is 18.2 Å².